The molecule has 0 fully saturated rings. The monoisotopic (exact) mass is 246 g/mol. The van der Waals surface area contributed by atoms with Gasteiger partial charge in [-0.2, -0.15) is 5.10 Å². The first-order chi connectivity index (χ1) is 8.25. The van der Waals surface area contributed by atoms with Crippen molar-refractivity contribution in [2.45, 2.75) is 11.3 Å². The van der Waals surface area contributed by atoms with Gasteiger partial charge in [0.25, 0.3) is 0 Å². The summed E-state index contributed by atoms with van der Waals surface area (Å²) >= 11 is 1.81. The molecule has 2 heterocycles. The van der Waals surface area contributed by atoms with Gasteiger partial charge >= 0.3 is 5.97 Å². The van der Waals surface area contributed by atoms with E-state index in [0.29, 0.717) is 5.69 Å². The average molecular weight is 246 g/mol. The summed E-state index contributed by atoms with van der Waals surface area (Å²) in [5.41, 5.74) is 3.18. The Morgan fingerprint density at radius 3 is 3.12 bits per heavy atom. The van der Waals surface area contributed by atoms with Gasteiger partial charge in [-0.25, -0.2) is 4.79 Å². The maximum atomic E-state index is 10.8. The zero-order valence-electron chi connectivity index (χ0n) is 8.93. The molecule has 3 rings (SSSR count). The Morgan fingerprint density at radius 1 is 1.47 bits per heavy atom. The number of carboxylic acids is 1. The summed E-state index contributed by atoms with van der Waals surface area (Å²) in [5, 5.41) is 15.5. The van der Waals surface area contributed by atoms with Gasteiger partial charge in [0.2, 0.25) is 0 Å². The summed E-state index contributed by atoms with van der Waals surface area (Å²) in [5.74, 6) is 0.103. The van der Waals surface area contributed by atoms with Crippen molar-refractivity contribution in [2.24, 2.45) is 0 Å². The number of fused-ring (bicyclic) bond motifs is 1. The summed E-state index contributed by atoms with van der Waals surface area (Å²) in [6.07, 6.45) is 1.07. The fourth-order valence-corrected chi connectivity index (χ4v) is 3.20. The number of H-pyrrole nitrogens is 1. The Hall–Kier alpha value is -1.75. The lowest BCUT2D eigenvalue weighted by molar-refractivity contribution is 0.0690. The number of aromatic nitrogens is 2. The predicted molar refractivity (Wildman–Crippen MR) is 65.4 cm³/mol. The van der Waals surface area contributed by atoms with Crippen LogP contribution < -0.4 is 0 Å². The van der Waals surface area contributed by atoms with E-state index in [1.54, 1.807) is 17.8 Å². The number of hydrogen-bond donors (Lipinski definition) is 2. The molecule has 0 saturated carbocycles. The Morgan fingerprint density at radius 2 is 2.35 bits per heavy atom. The highest BCUT2D eigenvalue weighted by molar-refractivity contribution is 7.99. The molecule has 4 nitrogen and oxygen atoms in total. The van der Waals surface area contributed by atoms with Crippen LogP contribution in [0, 0.1) is 0 Å². The van der Waals surface area contributed by atoms with Crippen LogP contribution in [0.5, 0.6) is 0 Å². The van der Waals surface area contributed by atoms with Gasteiger partial charge in [-0.3, -0.25) is 5.10 Å². The number of carboxylic acid groups (broad SMARTS) is 1. The van der Waals surface area contributed by atoms with Crippen LogP contribution in [-0.2, 0) is 6.42 Å². The number of rotatable bonds is 2. The van der Waals surface area contributed by atoms with E-state index in [1.165, 1.54) is 10.5 Å². The van der Waals surface area contributed by atoms with Crippen LogP contribution in [0.3, 0.4) is 0 Å². The van der Waals surface area contributed by atoms with Gasteiger partial charge < -0.3 is 5.11 Å². The number of carbonyl (C=O) groups is 1. The largest absolute Gasteiger partial charge is 0.477 e. The molecule has 2 N–H and O–H groups in total. The second-order valence-electron chi connectivity index (χ2n) is 3.86. The van der Waals surface area contributed by atoms with Gasteiger partial charge in [0.05, 0.1) is 5.69 Å². The fraction of sp³-hybridized carbons (Fsp3) is 0.167. The van der Waals surface area contributed by atoms with Crippen molar-refractivity contribution < 1.29 is 9.90 Å². The highest BCUT2D eigenvalue weighted by atomic mass is 32.2. The van der Waals surface area contributed by atoms with Crippen molar-refractivity contribution in [2.75, 3.05) is 5.75 Å². The lowest BCUT2D eigenvalue weighted by Gasteiger charge is -2.03. The normalized spacial score (nSPS) is 13.6. The van der Waals surface area contributed by atoms with Crippen LogP contribution in [0.25, 0.3) is 11.3 Å². The second-order valence-corrected chi connectivity index (χ2v) is 4.97. The van der Waals surface area contributed by atoms with E-state index < -0.39 is 5.97 Å². The molecule has 17 heavy (non-hydrogen) atoms. The minimum atomic E-state index is -0.982. The molecule has 0 atom stereocenters. The first kappa shape index (κ1) is 10.4. The first-order valence-electron chi connectivity index (χ1n) is 5.29. The number of benzene rings is 1. The topological polar surface area (TPSA) is 66.0 Å². The molecule has 86 valence electrons. The van der Waals surface area contributed by atoms with Crippen molar-refractivity contribution in [3.05, 3.63) is 35.5 Å². The maximum Gasteiger partial charge on any atom is 0.353 e. The zero-order chi connectivity index (χ0) is 11.8. The van der Waals surface area contributed by atoms with Gasteiger partial charge in [-0.15, -0.1) is 11.8 Å². The molecule has 1 aliphatic heterocycles. The number of nitrogens with one attached hydrogen (secondary N) is 1. The molecule has 1 aromatic carbocycles. The van der Waals surface area contributed by atoms with Crippen molar-refractivity contribution in [1.29, 1.82) is 0 Å². The van der Waals surface area contributed by atoms with E-state index in [9.17, 15) is 4.79 Å². The number of aromatic amines is 1. The van der Waals surface area contributed by atoms with Crippen LogP contribution in [0.1, 0.15) is 16.1 Å². The predicted octanol–water partition coefficient (Wildman–Crippen LogP) is 2.42. The molecule has 0 radical (unpaired) electrons. The van der Waals surface area contributed by atoms with Crippen molar-refractivity contribution in [1.82, 2.24) is 10.2 Å². The number of hydrogen-bond acceptors (Lipinski definition) is 3. The highest BCUT2D eigenvalue weighted by Crippen LogP contribution is 2.38. The summed E-state index contributed by atoms with van der Waals surface area (Å²) in [6, 6.07) is 7.68. The third kappa shape index (κ3) is 1.72. The smallest absolute Gasteiger partial charge is 0.353 e. The van der Waals surface area contributed by atoms with E-state index in [0.717, 1.165) is 17.7 Å². The average Bonchev–Trinajstić information content (AvgIpc) is 2.97. The van der Waals surface area contributed by atoms with E-state index in [4.69, 9.17) is 5.11 Å². The molecule has 0 amide bonds. The van der Waals surface area contributed by atoms with Crippen LogP contribution in [-0.4, -0.2) is 27.0 Å². The molecule has 1 aromatic heterocycles. The van der Waals surface area contributed by atoms with E-state index in [2.05, 4.69) is 16.3 Å². The first-order valence-corrected chi connectivity index (χ1v) is 6.28. The van der Waals surface area contributed by atoms with Crippen LogP contribution in [0.2, 0.25) is 0 Å². The summed E-state index contributed by atoms with van der Waals surface area (Å²) < 4.78 is 0. The molecule has 0 unspecified atom stereocenters. The Kier molecular flexibility index (Phi) is 2.40. The molecule has 0 saturated heterocycles. The van der Waals surface area contributed by atoms with E-state index in [-0.39, 0.29) is 5.69 Å². The highest BCUT2D eigenvalue weighted by Gasteiger charge is 2.18. The Labute approximate surface area is 102 Å². The van der Waals surface area contributed by atoms with E-state index in [1.807, 2.05) is 12.1 Å². The minimum Gasteiger partial charge on any atom is -0.477 e. The van der Waals surface area contributed by atoms with Gasteiger partial charge in [0.15, 0.2) is 0 Å². The number of aromatic carboxylic acids is 1. The van der Waals surface area contributed by atoms with Gasteiger partial charge in [0.1, 0.15) is 5.69 Å². The second kappa shape index (κ2) is 3.92. The lowest BCUT2D eigenvalue weighted by atomic mass is 10.1. The maximum absolute atomic E-state index is 10.8. The van der Waals surface area contributed by atoms with Crippen molar-refractivity contribution in [3.63, 3.8) is 0 Å². The summed E-state index contributed by atoms with van der Waals surface area (Å²) in [7, 11) is 0. The number of nitrogens with zero attached hydrogens (tertiary/aromatic N) is 1. The molecule has 2 aromatic rings. The van der Waals surface area contributed by atoms with E-state index >= 15 is 0 Å². The third-order valence-corrected chi connectivity index (χ3v) is 3.98. The van der Waals surface area contributed by atoms with Crippen molar-refractivity contribution >= 4 is 17.7 Å². The van der Waals surface area contributed by atoms with Gasteiger partial charge in [-0.05, 0) is 18.1 Å². The Balaban J connectivity index is 2.09. The molecule has 0 bridgehead atoms. The SMILES string of the molecule is O=C(O)c1cc(-c2cccc3c2SCC3)n[nH]1. The zero-order valence-corrected chi connectivity index (χ0v) is 9.75. The van der Waals surface area contributed by atoms with Crippen molar-refractivity contribution in [3.8, 4) is 11.3 Å². The van der Waals surface area contributed by atoms with Gasteiger partial charge in [-0.1, -0.05) is 18.2 Å². The molecular formula is C12H10N2O2S. The summed E-state index contributed by atoms with van der Waals surface area (Å²) in [4.78, 5) is 12.0. The molecule has 0 aliphatic carbocycles. The third-order valence-electron chi connectivity index (χ3n) is 2.80. The molecule has 0 spiro atoms. The number of thioether (sulfide) groups is 1. The van der Waals surface area contributed by atoms with Crippen LogP contribution in [0.4, 0.5) is 0 Å². The van der Waals surface area contributed by atoms with Crippen LogP contribution in [0.15, 0.2) is 29.2 Å². The lowest BCUT2D eigenvalue weighted by Crippen LogP contribution is -1.95. The van der Waals surface area contributed by atoms with Crippen LogP contribution >= 0.6 is 11.8 Å². The molecule has 1 aliphatic rings. The summed E-state index contributed by atoms with van der Waals surface area (Å²) in [6.45, 7) is 0. The number of aryl methyl sites for hydroxylation is 1. The minimum absolute atomic E-state index is 0.126. The van der Waals surface area contributed by atoms with Gasteiger partial charge in [0, 0.05) is 16.2 Å². The molecular weight excluding hydrogens is 236 g/mol. The quantitative estimate of drug-likeness (QED) is 0.854. The fourth-order valence-electron chi connectivity index (χ4n) is 1.99. The standard InChI is InChI=1S/C12H10N2O2S/c15-12(16)10-6-9(13-14-10)8-3-1-2-7-4-5-17-11(7)8/h1-3,6H,4-5H2,(H,13,14)(H,15,16). The molecule has 5 heteroatoms. The Bertz CT molecular complexity index is 592.